The molecule has 11 atom stereocenters. The molecule has 0 amide bonds. The maximum Gasteiger partial charge on any atom is 0.306 e. The number of rotatable bonds is 52. The van der Waals surface area contributed by atoms with E-state index < -0.39 is 92.7 Å². The van der Waals surface area contributed by atoms with E-state index in [0.29, 0.717) is 12.8 Å². The van der Waals surface area contributed by atoms with Gasteiger partial charge in [0.1, 0.15) is 55.4 Å². The second-order valence-electron chi connectivity index (χ2n) is 22.6. The minimum absolute atomic E-state index is 0.174. The number of hydrogen-bond acceptors (Lipinski definition) is 15. The molecular formula is C61H116O15. The smallest absolute Gasteiger partial charge is 0.306 e. The van der Waals surface area contributed by atoms with E-state index in [1.165, 1.54) is 205 Å². The van der Waals surface area contributed by atoms with Gasteiger partial charge in [-0.15, -0.1) is 0 Å². The van der Waals surface area contributed by atoms with Gasteiger partial charge in [-0.25, -0.2) is 0 Å². The van der Waals surface area contributed by atoms with Crippen molar-refractivity contribution < 1.29 is 73.8 Å². The fourth-order valence-corrected chi connectivity index (χ4v) is 10.5. The average molecular weight is 1090 g/mol. The molecule has 2 aliphatic rings. The monoisotopic (exact) mass is 1090 g/mol. The number of esters is 2. The van der Waals surface area contributed by atoms with Crippen LogP contribution in [0.25, 0.3) is 0 Å². The van der Waals surface area contributed by atoms with Crippen molar-refractivity contribution in [1.29, 1.82) is 0 Å². The predicted octanol–water partition coefficient (Wildman–Crippen LogP) is 11.5. The fourth-order valence-electron chi connectivity index (χ4n) is 10.5. The molecule has 2 rings (SSSR count). The minimum atomic E-state index is -1.76. The molecule has 0 radical (unpaired) electrons. The van der Waals surface area contributed by atoms with E-state index in [1.54, 1.807) is 0 Å². The highest BCUT2D eigenvalue weighted by molar-refractivity contribution is 5.70. The van der Waals surface area contributed by atoms with Crippen molar-refractivity contribution in [3.8, 4) is 0 Å². The van der Waals surface area contributed by atoms with E-state index in [9.17, 15) is 45.3 Å². The summed E-state index contributed by atoms with van der Waals surface area (Å²) in [6.45, 7) is 2.68. The minimum Gasteiger partial charge on any atom is -0.462 e. The van der Waals surface area contributed by atoms with Gasteiger partial charge < -0.3 is 64.2 Å². The summed E-state index contributed by atoms with van der Waals surface area (Å²) < 4.78 is 33.8. The number of aliphatic hydroxyl groups excluding tert-OH is 7. The summed E-state index contributed by atoms with van der Waals surface area (Å²) in [7, 11) is 0. The Kier molecular flexibility index (Phi) is 44.8. The highest BCUT2D eigenvalue weighted by atomic mass is 16.7. The molecule has 15 heteroatoms. The molecule has 2 fully saturated rings. The van der Waals surface area contributed by atoms with Gasteiger partial charge in [0.2, 0.25) is 0 Å². The summed E-state index contributed by atoms with van der Waals surface area (Å²) in [6, 6.07) is 0. The standard InChI is InChI=1S/C61H116O15/c1-3-5-7-9-11-13-15-17-19-21-23-24-25-26-28-30-32-34-36-38-40-42-44-53(64)74-49(46-71-52(63)43-41-39-37-35-33-31-29-27-22-20-18-16-14-12-10-8-6-4-2)47-72-60-59(70)57(68)55(66)51(76-60)48-73-61-58(69)56(67)54(65)50(45-62)75-61/h49-51,54-62,65-70H,3-48H2,1-2H3. The Balaban J connectivity index is 1.70. The van der Waals surface area contributed by atoms with E-state index in [2.05, 4.69) is 13.8 Å². The van der Waals surface area contributed by atoms with Gasteiger partial charge in [-0.2, -0.15) is 0 Å². The van der Waals surface area contributed by atoms with Crippen LogP contribution in [0.3, 0.4) is 0 Å². The Labute approximate surface area is 461 Å². The molecule has 2 aliphatic heterocycles. The van der Waals surface area contributed by atoms with E-state index in [0.717, 1.165) is 38.5 Å². The van der Waals surface area contributed by atoms with Gasteiger partial charge in [0.25, 0.3) is 0 Å². The Bertz CT molecular complexity index is 1320. The van der Waals surface area contributed by atoms with Crippen LogP contribution in [0.4, 0.5) is 0 Å². The lowest BCUT2D eigenvalue weighted by atomic mass is 9.98. The Hall–Kier alpha value is -1.50. The fraction of sp³-hybridized carbons (Fsp3) is 0.967. The van der Waals surface area contributed by atoms with Gasteiger partial charge in [0.15, 0.2) is 18.7 Å². The van der Waals surface area contributed by atoms with Crippen LogP contribution in [0.15, 0.2) is 0 Å². The first-order valence-corrected chi connectivity index (χ1v) is 31.6. The van der Waals surface area contributed by atoms with Crippen molar-refractivity contribution in [3.63, 3.8) is 0 Å². The summed E-state index contributed by atoms with van der Waals surface area (Å²) in [5.41, 5.74) is 0. The number of hydrogen-bond donors (Lipinski definition) is 7. The van der Waals surface area contributed by atoms with Crippen LogP contribution in [0.2, 0.25) is 0 Å². The zero-order valence-corrected chi connectivity index (χ0v) is 48.3. The van der Waals surface area contributed by atoms with Crippen LogP contribution >= 0.6 is 0 Å². The first-order valence-electron chi connectivity index (χ1n) is 31.6. The van der Waals surface area contributed by atoms with Crippen molar-refractivity contribution in [2.24, 2.45) is 0 Å². The number of carbonyl (C=O) groups excluding carboxylic acids is 2. The molecule has 450 valence electrons. The van der Waals surface area contributed by atoms with Crippen LogP contribution < -0.4 is 0 Å². The lowest BCUT2D eigenvalue weighted by Crippen LogP contribution is -2.61. The summed E-state index contributed by atoms with van der Waals surface area (Å²) in [6.07, 6.45) is 34.1. The number of carbonyl (C=O) groups is 2. The van der Waals surface area contributed by atoms with Crippen LogP contribution in [0.5, 0.6) is 0 Å². The van der Waals surface area contributed by atoms with Crippen LogP contribution in [0, 0.1) is 0 Å². The average Bonchev–Trinajstić information content (AvgIpc) is 3.41. The molecule has 0 bridgehead atoms. The van der Waals surface area contributed by atoms with Crippen molar-refractivity contribution >= 4 is 11.9 Å². The maximum atomic E-state index is 13.1. The zero-order valence-electron chi connectivity index (χ0n) is 48.3. The van der Waals surface area contributed by atoms with E-state index in [1.807, 2.05) is 0 Å². The molecule has 0 aromatic rings. The molecule has 76 heavy (non-hydrogen) atoms. The maximum absolute atomic E-state index is 13.1. The quantitative estimate of drug-likeness (QED) is 0.0222. The van der Waals surface area contributed by atoms with Crippen LogP contribution in [-0.2, 0) is 38.0 Å². The zero-order chi connectivity index (χ0) is 55.3. The van der Waals surface area contributed by atoms with Gasteiger partial charge in [-0.05, 0) is 12.8 Å². The Morgan fingerprint density at radius 1 is 0.368 bits per heavy atom. The van der Waals surface area contributed by atoms with Crippen molar-refractivity contribution in [2.45, 2.75) is 351 Å². The van der Waals surface area contributed by atoms with Gasteiger partial charge in [-0.3, -0.25) is 9.59 Å². The number of ether oxygens (including phenoxy) is 6. The highest BCUT2D eigenvalue weighted by Crippen LogP contribution is 2.27. The third kappa shape index (κ3) is 34.6. The van der Waals surface area contributed by atoms with Crippen molar-refractivity contribution in [2.75, 3.05) is 26.4 Å². The lowest BCUT2D eigenvalue weighted by molar-refractivity contribution is -0.332. The van der Waals surface area contributed by atoms with Crippen molar-refractivity contribution in [3.05, 3.63) is 0 Å². The molecule has 15 nitrogen and oxygen atoms in total. The SMILES string of the molecule is CCCCCCCCCCCCCCCCCCCCCCCCC(=O)OC(COC(=O)CCCCCCCCCCCCCCCCCCCC)COC1OC(COC2OC(CO)C(O)C(O)C2O)C(O)C(O)C1O. The van der Waals surface area contributed by atoms with Gasteiger partial charge >= 0.3 is 11.9 Å². The molecule has 7 N–H and O–H groups in total. The first-order chi connectivity index (χ1) is 37.0. The normalized spacial score (nSPS) is 24.2. The van der Waals surface area contributed by atoms with Gasteiger partial charge in [0, 0.05) is 12.8 Å². The molecule has 11 unspecified atom stereocenters. The molecule has 0 aliphatic carbocycles. The molecule has 0 aromatic heterocycles. The van der Waals surface area contributed by atoms with E-state index in [-0.39, 0.29) is 26.1 Å². The molecule has 2 saturated heterocycles. The predicted molar refractivity (Wildman–Crippen MR) is 298 cm³/mol. The van der Waals surface area contributed by atoms with Gasteiger partial charge in [-0.1, -0.05) is 258 Å². The number of unbranched alkanes of at least 4 members (excludes halogenated alkanes) is 38. The van der Waals surface area contributed by atoms with Crippen LogP contribution in [0.1, 0.15) is 284 Å². The van der Waals surface area contributed by atoms with Crippen LogP contribution in [-0.4, -0.2) is 142 Å². The highest BCUT2D eigenvalue weighted by Gasteiger charge is 2.47. The lowest BCUT2D eigenvalue weighted by Gasteiger charge is -2.42. The molecule has 0 saturated carbocycles. The second kappa shape index (κ2) is 48.2. The third-order valence-corrected chi connectivity index (χ3v) is 15.6. The second-order valence-corrected chi connectivity index (χ2v) is 22.6. The topological polar surface area (TPSA) is 231 Å². The largest absolute Gasteiger partial charge is 0.462 e. The van der Waals surface area contributed by atoms with Crippen molar-refractivity contribution in [1.82, 2.24) is 0 Å². The first kappa shape index (κ1) is 70.6. The Morgan fingerprint density at radius 2 is 0.671 bits per heavy atom. The summed E-state index contributed by atoms with van der Waals surface area (Å²) in [5, 5.41) is 72.4. The third-order valence-electron chi connectivity index (χ3n) is 15.6. The number of aliphatic hydroxyl groups is 7. The molecule has 2 heterocycles. The van der Waals surface area contributed by atoms with E-state index >= 15 is 0 Å². The molecule has 0 aromatic carbocycles. The molecule has 0 spiro atoms. The Morgan fingerprint density at radius 3 is 1.03 bits per heavy atom. The summed E-state index contributed by atoms with van der Waals surface area (Å²) >= 11 is 0. The van der Waals surface area contributed by atoms with E-state index in [4.69, 9.17) is 28.4 Å². The van der Waals surface area contributed by atoms with Gasteiger partial charge in [0.05, 0.1) is 19.8 Å². The summed E-state index contributed by atoms with van der Waals surface area (Å²) in [4.78, 5) is 26.0. The summed E-state index contributed by atoms with van der Waals surface area (Å²) in [5.74, 6) is -0.900. The molecular weight excluding hydrogens is 973 g/mol.